The lowest BCUT2D eigenvalue weighted by Crippen LogP contribution is -2.35. The van der Waals surface area contributed by atoms with Crippen LogP contribution < -0.4 is 10.6 Å². The third-order valence-electron chi connectivity index (χ3n) is 3.91. The molecule has 1 aromatic carbocycles. The molecule has 7 heteroatoms. The molecular formula is C18H20N4O2S. The lowest BCUT2D eigenvalue weighted by molar-refractivity contribution is 0.0927. The summed E-state index contributed by atoms with van der Waals surface area (Å²) in [4.78, 5) is 25.2. The number of nitrogens with one attached hydrogen (secondary N) is 3. The number of H-pyrrole nitrogens is 1. The second kappa shape index (κ2) is 7.48. The van der Waals surface area contributed by atoms with Crippen LogP contribution >= 0.6 is 11.3 Å². The van der Waals surface area contributed by atoms with Crippen LogP contribution in [0.1, 0.15) is 45.5 Å². The van der Waals surface area contributed by atoms with E-state index < -0.39 is 0 Å². The van der Waals surface area contributed by atoms with Crippen molar-refractivity contribution in [1.29, 1.82) is 0 Å². The summed E-state index contributed by atoms with van der Waals surface area (Å²) in [6, 6.07) is 9.44. The first-order valence-corrected chi connectivity index (χ1v) is 9.02. The van der Waals surface area contributed by atoms with Crippen molar-refractivity contribution in [3.63, 3.8) is 0 Å². The fourth-order valence-electron chi connectivity index (χ4n) is 2.61. The molecule has 2 amide bonds. The van der Waals surface area contributed by atoms with Gasteiger partial charge in [-0.1, -0.05) is 32.0 Å². The van der Waals surface area contributed by atoms with Gasteiger partial charge in [0.05, 0.1) is 10.4 Å². The average molecular weight is 356 g/mol. The minimum Gasteiger partial charge on any atom is -0.350 e. The Bertz CT molecular complexity index is 897. The number of rotatable bonds is 6. The fourth-order valence-corrected chi connectivity index (χ4v) is 3.58. The minimum atomic E-state index is -0.259. The maximum atomic E-state index is 12.2. The summed E-state index contributed by atoms with van der Waals surface area (Å²) in [5.74, 6) is -0.0523. The molecule has 130 valence electrons. The van der Waals surface area contributed by atoms with Crippen LogP contribution in [0.25, 0.3) is 10.9 Å². The molecule has 0 saturated heterocycles. The molecule has 0 atom stereocenters. The Morgan fingerprint density at radius 2 is 1.84 bits per heavy atom. The average Bonchev–Trinajstić information content (AvgIpc) is 3.25. The van der Waals surface area contributed by atoms with E-state index in [9.17, 15) is 9.59 Å². The van der Waals surface area contributed by atoms with E-state index >= 15 is 0 Å². The first-order chi connectivity index (χ1) is 12.1. The molecule has 0 aliphatic carbocycles. The molecule has 2 heterocycles. The summed E-state index contributed by atoms with van der Waals surface area (Å²) in [5, 5.41) is 15.2. The normalized spacial score (nSPS) is 11.0. The lowest BCUT2D eigenvalue weighted by atomic mass is 10.0. The topological polar surface area (TPSA) is 86.9 Å². The van der Waals surface area contributed by atoms with Gasteiger partial charge in [0.25, 0.3) is 11.8 Å². The number of para-hydroxylation sites is 1. The van der Waals surface area contributed by atoms with Gasteiger partial charge in [-0.2, -0.15) is 5.10 Å². The maximum Gasteiger partial charge on any atom is 0.272 e. The van der Waals surface area contributed by atoms with Gasteiger partial charge in [0.1, 0.15) is 0 Å². The molecule has 3 rings (SSSR count). The van der Waals surface area contributed by atoms with Crippen LogP contribution in [-0.4, -0.2) is 35.1 Å². The van der Waals surface area contributed by atoms with Crippen molar-refractivity contribution in [3.8, 4) is 0 Å². The predicted octanol–water partition coefficient (Wildman–Crippen LogP) is 2.91. The quantitative estimate of drug-likeness (QED) is 0.594. The van der Waals surface area contributed by atoms with E-state index in [1.807, 2.05) is 35.7 Å². The second-order valence-electron chi connectivity index (χ2n) is 5.99. The number of fused-ring (bicyclic) bond motifs is 1. The largest absolute Gasteiger partial charge is 0.350 e. The number of benzene rings is 1. The number of nitrogens with zero attached hydrogens (tertiary/aromatic N) is 1. The molecular weight excluding hydrogens is 336 g/mol. The summed E-state index contributed by atoms with van der Waals surface area (Å²) < 4.78 is 0. The highest BCUT2D eigenvalue weighted by atomic mass is 32.1. The Kier molecular flexibility index (Phi) is 5.14. The third kappa shape index (κ3) is 3.71. The predicted molar refractivity (Wildman–Crippen MR) is 99.2 cm³/mol. The van der Waals surface area contributed by atoms with Gasteiger partial charge in [0.2, 0.25) is 0 Å². The number of aromatic amines is 1. The Morgan fingerprint density at radius 1 is 1.12 bits per heavy atom. The van der Waals surface area contributed by atoms with E-state index in [0.29, 0.717) is 24.7 Å². The van der Waals surface area contributed by atoms with Crippen LogP contribution in [0.15, 0.2) is 35.7 Å². The fraction of sp³-hybridized carbons (Fsp3) is 0.278. The molecule has 0 fully saturated rings. The van der Waals surface area contributed by atoms with Crippen molar-refractivity contribution in [1.82, 2.24) is 20.8 Å². The van der Waals surface area contributed by atoms with E-state index in [2.05, 4.69) is 34.7 Å². The Labute approximate surface area is 149 Å². The van der Waals surface area contributed by atoms with Gasteiger partial charge in [-0.25, -0.2) is 0 Å². The number of aromatic nitrogens is 2. The van der Waals surface area contributed by atoms with Crippen molar-refractivity contribution < 1.29 is 9.59 Å². The van der Waals surface area contributed by atoms with Crippen molar-refractivity contribution in [3.05, 3.63) is 51.8 Å². The molecule has 0 bridgehead atoms. The molecule has 0 radical (unpaired) electrons. The Hall–Kier alpha value is -2.67. The summed E-state index contributed by atoms with van der Waals surface area (Å²) >= 11 is 1.44. The van der Waals surface area contributed by atoms with Crippen LogP contribution in [0.4, 0.5) is 0 Å². The highest BCUT2D eigenvalue weighted by Crippen LogP contribution is 2.24. The summed E-state index contributed by atoms with van der Waals surface area (Å²) in [6.45, 7) is 4.83. The van der Waals surface area contributed by atoms with Gasteiger partial charge >= 0.3 is 0 Å². The van der Waals surface area contributed by atoms with Gasteiger partial charge in [0.15, 0.2) is 5.69 Å². The summed E-state index contributed by atoms with van der Waals surface area (Å²) in [5.41, 5.74) is 2.23. The first-order valence-electron chi connectivity index (χ1n) is 8.15. The molecule has 2 aromatic heterocycles. The Morgan fingerprint density at radius 3 is 2.60 bits per heavy atom. The highest BCUT2D eigenvalue weighted by molar-refractivity contribution is 7.12. The number of thiophene rings is 1. The van der Waals surface area contributed by atoms with Gasteiger partial charge < -0.3 is 10.6 Å². The van der Waals surface area contributed by atoms with Gasteiger partial charge in [-0.15, -0.1) is 11.3 Å². The molecule has 3 aromatic rings. The first kappa shape index (κ1) is 17.2. The molecule has 0 aliphatic rings. The highest BCUT2D eigenvalue weighted by Gasteiger charge is 2.16. The van der Waals surface area contributed by atoms with E-state index in [1.54, 1.807) is 0 Å². The van der Waals surface area contributed by atoms with Crippen molar-refractivity contribution >= 4 is 34.1 Å². The van der Waals surface area contributed by atoms with Gasteiger partial charge in [-0.05, 0) is 29.0 Å². The molecule has 25 heavy (non-hydrogen) atoms. The summed E-state index contributed by atoms with van der Waals surface area (Å²) in [6.07, 6.45) is 0. The molecule has 3 N–H and O–H groups in total. The standard InChI is InChI=1S/C18H20N4O2S/c1-11(2)12-7-10-25-16(12)18(24)20-9-8-19-17(23)15-13-5-3-4-6-14(13)21-22-15/h3-7,10-11H,8-9H2,1-2H3,(H,19,23)(H,20,24)(H,21,22). The van der Waals surface area contributed by atoms with Crippen molar-refractivity contribution in [2.24, 2.45) is 0 Å². The zero-order chi connectivity index (χ0) is 17.8. The monoisotopic (exact) mass is 356 g/mol. The summed E-state index contributed by atoms with van der Waals surface area (Å²) in [7, 11) is 0. The van der Waals surface area contributed by atoms with Crippen LogP contribution in [0.5, 0.6) is 0 Å². The number of carbonyl (C=O) groups excluding carboxylic acids is 2. The second-order valence-corrected chi connectivity index (χ2v) is 6.91. The van der Waals surface area contributed by atoms with E-state index in [4.69, 9.17) is 0 Å². The molecule has 0 saturated carbocycles. The number of hydrogen-bond acceptors (Lipinski definition) is 4. The smallest absolute Gasteiger partial charge is 0.272 e. The van der Waals surface area contributed by atoms with E-state index in [0.717, 1.165) is 21.3 Å². The third-order valence-corrected chi connectivity index (χ3v) is 4.83. The number of hydrogen-bond donors (Lipinski definition) is 3. The molecule has 6 nitrogen and oxygen atoms in total. The van der Waals surface area contributed by atoms with Crippen molar-refractivity contribution in [2.75, 3.05) is 13.1 Å². The molecule has 0 unspecified atom stereocenters. The minimum absolute atomic E-state index is 0.0989. The van der Waals surface area contributed by atoms with Gasteiger partial charge in [0, 0.05) is 18.5 Å². The molecule has 0 aliphatic heterocycles. The molecule has 0 spiro atoms. The van der Waals surface area contributed by atoms with Gasteiger partial charge in [-0.3, -0.25) is 14.7 Å². The van der Waals surface area contributed by atoms with Crippen LogP contribution in [0.2, 0.25) is 0 Å². The number of carbonyl (C=O) groups is 2. The van der Waals surface area contributed by atoms with E-state index in [1.165, 1.54) is 11.3 Å². The maximum absolute atomic E-state index is 12.2. The zero-order valence-electron chi connectivity index (χ0n) is 14.1. The van der Waals surface area contributed by atoms with Crippen LogP contribution in [0.3, 0.4) is 0 Å². The van der Waals surface area contributed by atoms with Crippen LogP contribution in [-0.2, 0) is 0 Å². The van der Waals surface area contributed by atoms with Crippen molar-refractivity contribution in [2.45, 2.75) is 19.8 Å². The lowest BCUT2D eigenvalue weighted by Gasteiger charge is -2.08. The van der Waals surface area contributed by atoms with E-state index in [-0.39, 0.29) is 11.8 Å². The Balaban J connectivity index is 1.52. The number of amides is 2. The zero-order valence-corrected chi connectivity index (χ0v) is 14.9. The van der Waals surface area contributed by atoms with Crippen LogP contribution in [0, 0.1) is 0 Å². The SMILES string of the molecule is CC(C)c1ccsc1C(=O)NCCNC(=O)c1n[nH]c2ccccc12.